The molecule has 0 spiro atoms. The highest BCUT2D eigenvalue weighted by molar-refractivity contribution is 5.75. The van der Waals surface area contributed by atoms with E-state index in [-0.39, 0.29) is 5.91 Å². The van der Waals surface area contributed by atoms with Crippen LogP contribution in [0.2, 0.25) is 0 Å². The minimum atomic E-state index is -0.0384. The minimum absolute atomic E-state index is 0.0384. The first-order valence-electron chi connectivity index (χ1n) is 6.65. The van der Waals surface area contributed by atoms with E-state index in [1.807, 2.05) is 0 Å². The van der Waals surface area contributed by atoms with Crippen molar-refractivity contribution >= 4 is 23.8 Å². The number of hydrogen-bond acceptors (Lipinski definition) is 8. The molecule has 0 radical (unpaired) electrons. The molecule has 1 aliphatic rings. The van der Waals surface area contributed by atoms with Gasteiger partial charge in [-0.1, -0.05) is 0 Å². The Labute approximate surface area is 117 Å². The molecule has 1 aromatic heterocycles. The van der Waals surface area contributed by atoms with Gasteiger partial charge in [0.05, 0.1) is 0 Å². The number of aromatic nitrogens is 3. The summed E-state index contributed by atoms with van der Waals surface area (Å²) in [6.07, 6.45) is 2.62. The van der Waals surface area contributed by atoms with E-state index in [0.29, 0.717) is 30.8 Å². The zero-order chi connectivity index (χ0) is 14.4. The van der Waals surface area contributed by atoms with Crippen molar-refractivity contribution in [3.63, 3.8) is 0 Å². The summed E-state index contributed by atoms with van der Waals surface area (Å²) in [5, 5.41) is 5.56. The summed E-state index contributed by atoms with van der Waals surface area (Å²) < 4.78 is 0. The molecule has 1 aliphatic heterocycles. The SMILES string of the molecule is CNC(=O)CCNc1nc(NN)nc(N2CCCC2)n1. The lowest BCUT2D eigenvalue weighted by atomic mass is 10.4. The van der Waals surface area contributed by atoms with Crippen LogP contribution in [0, 0.1) is 0 Å². The number of anilines is 3. The van der Waals surface area contributed by atoms with Crippen molar-refractivity contribution in [2.45, 2.75) is 19.3 Å². The van der Waals surface area contributed by atoms with Gasteiger partial charge in [-0.05, 0) is 12.8 Å². The number of nitrogens with one attached hydrogen (secondary N) is 3. The van der Waals surface area contributed by atoms with E-state index in [9.17, 15) is 4.79 Å². The van der Waals surface area contributed by atoms with E-state index >= 15 is 0 Å². The van der Waals surface area contributed by atoms with Gasteiger partial charge in [-0.25, -0.2) is 5.84 Å². The summed E-state index contributed by atoms with van der Waals surface area (Å²) in [4.78, 5) is 26.0. The van der Waals surface area contributed by atoms with Gasteiger partial charge >= 0.3 is 0 Å². The van der Waals surface area contributed by atoms with Crippen molar-refractivity contribution < 1.29 is 4.79 Å². The third kappa shape index (κ3) is 3.67. The van der Waals surface area contributed by atoms with Crippen LogP contribution in [0.4, 0.5) is 17.8 Å². The van der Waals surface area contributed by atoms with Crippen LogP contribution in [0.15, 0.2) is 0 Å². The lowest BCUT2D eigenvalue weighted by Crippen LogP contribution is -2.24. The van der Waals surface area contributed by atoms with Gasteiger partial charge in [-0.3, -0.25) is 10.2 Å². The maximum absolute atomic E-state index is 11.2. The summed E-state index contributed by atoms with van der Waals surface area (Å²) in [6, 6.07) is 0. The highest BCUT2D eigenvalue weighted by atomic mass is 16.1. The number of amides is 1. The molecule has 0 aromatic carbocycles. The Morgan fingerprint density at radius 3 is 2.60 bits per heavy atom. The summed E-state index contributed by atoms with van der Waals surface area (Å²) >= 11 is 0. The van der Waals surface area contributed by atoms with Crippen LogP contribution in [-0.4, -0.2) is 47.5 Å². The number of nitrogen functional groups attached to an aromatic ring is 1. The molecule has 1 amide bonds. The Morgan fingerprint density at radius 1 is 1.25 bits per heavy atom. The standard InChI is InChI=1S/C11H20N8O/c1-13-8(20)4-5-14-9-15-10(18-12)17-11(16-9)19-6-2-3-7-19/h2-7,12H2,1H3,(H,13,20)(H2,14,15,16,17,18). The monoisotopic (exact) mass is 280 g/mol. The van der Waals surface area contributed by atoms with Gasteiger partial charge in [0.2, 0.25) is 23.8 Å². The Bertz CT molecular complexity index is 460. The fraction of sp³-hybridized carbons (Fsp3) is 0.636. The van der Waals surface area contributed by atoms with Crippen LogP contribution in [0.1, 0.15) is 19.3 Å². The fourth-order valence-corrected chi connectivity index (χ4v) is 1.98. The maximum Gasteiger partial charge on any atom is 0.243 e. The first-order chi connectivity index (χ1) is 9.72. The molecule has 9 nitrogen and oxygen atoms in total. The lowest BCUT2D eigenvalue weighted by Gasteiger charge is -2.16. The summed E-state index contributed by atoms with van der Waals surface area (Å²) in [5.41, 5.74) is 2.43. The number of nitrogens with two attached hydrogens (primary N) is 1. The van der Waals surface area contributed by atoms with Gasteiger partial charge < -0.3 is 15.5 Å². The molecule has 2 rings (SSSR count). The second-order valence-electron chi connectivity index (χ2n) is 4.47. The molecule has 2 heterocycles. The van der Waals surface area contributed by atoms with E-state index in [0.717, 1.165) is 25.9 Å². The van der Waals surface area contributed by atoms with Crippen LogP contribution in [0.3, 0.4) is 0 Å². The quantitative estimate of drug-likeness (QED) is 0.399. The van der Waals surface area contributed by atoms with Gasteiger partial charge in [0.25, 0.3) is 0 Å². The van der Waals surface area contributed by atoms with E-state index in [4.69, 9.17) is 5.84 Å². The zero-order valence-electron chi connectivity index (χ0n) is 11.5. The third-order valence-electron chi connectivity index (χ3n) is 3.06. The molecule has 1 saturated heterocycles. The first kappa shape index (κ1) is 14.3. The fourth-order valence-electron chi connectivity index (χ4n) is 1.98. The van der Waals surface area contributed by atoms with Gasteiger partial charge in [0, 0.05) is 33.1 Å². The number of rotatable bonds is 6. The molecule has 0 bridgehead atoms. The first-order valence-corrected chi connectivity index (χ1v) is 6.65. The predicted molar refractivity (Wildman–Crippen MR) is 76.3 cm³/mol. The molecule has 5 N–H and O–H groups in total. The molecule has 20 heavy (non-hydrogen) atoms. The Kier molecular flexibility index (Phi) is 4.88. The lowest BCUT2D eigenvalue weighted by molar-refractivity contribution is -0.120. The minimum Gasteiger partial charge on any atom is -0.359 e. The Morgan fingerprint density at radius 2 is 1.95 bits per heavy atom. The van der Waals surface area contributed by atoms with Gasteiger partial charge in [-0.15, -0.1) is 0 Å². The maximum atomic E-state index is 11.2. The second kappa shape index (κ2) is 6.85. The van der Waals surface area contributed by atoms with Crippen molar-refractivity contribution in [2.24, 2.45) is 5.84 Å². The molecular weight excluding hydrogens is 260 g/mol. The van der Waals surface area contributed by atoms with Crippen LogP contribution in [-0.2, 0) is 4.79 Å². The smallest absolute Gasteiger partial charge is 0.243 e. The van der Waals surface area contributed by atoms with Crippen molar-refractivity contribution in [1.82, 2.24) is 20.3 Å². The van der Waals surface area contributed by atoms with E-state index in [1.165, 1.54) is 0 Å². The normalized spacial score (nSPS) is 14.2. The van der Waals surface area contributed by atoms with Crippen LogP contribution < -0.4 is 26.8 Å². The molecule has 9 heteroatoms. The van der Waals surface area contributed by atoms with Crippen molar-refractivity contribution in [1.29, 1.82) is 0 Å². The third-order valence-corrected chi connectivity index (χ3v) is 3.06. The average molecular weight is 280 g/mol. The van der Waals surface area contributed by atoms with Crippen molar-refractivity contribution in [2.75, 3.05) is 42.3 Å². The number of carbonyl (C=O) groups is 1. The zero-order valence-corrected chi connectivity index (χ0v) is 11.5. The van der Waals surface area contributed by atoms with Crippen molar-refractivity contribution in [3.8, 4) is 0 Å². The molecule has 110 valence electrons. The molecule has 1 fully saturated rings. The Balaban J connectivity index is 2.03. The van der Waals surface area contributed by atoms with Gasteiger partial charge in [0.1, 0.15) is 0 Å². The highest BCUT2D eigenvalue weighted by Crippen LogP contribution is 2.18. The number of nitrogens with zero attached hydrogens (tertiary/aromatic N) is 4. The summed E-state index contributed by atoms with van der Waals surface area (Å²) in [7, 11) is 1.60. The number of hydrogen-bond donors (Lipinski definition) is 4. The summed E-state index contributed by atoms with van der Waals surface area (Å²) in [6.45, 7) is 2.32. The summed E-state index contributed by atoms with van der Waals surface area (Å²) in [5.74, 6) is 6.66. The van der Waals surface area contributed by atoms with Gasteiger partial charge in [-0.2, -0.15) is 15.0 Å². The second-order valence-corrected chi connectivity index (χ2v) is 4.47. The van der Waals surface area contributed by atoms with Crippen molar-refractivity contribution in [3.05, 3.63) is 0 Å². The van der Waals surface area contributed by atoms with E-state index in [1.54, 1.807) is 7.05 Å². The number of carbonyl (C=O) groups excluding carboxylic acids is 1. The Hall–Kier alpha value is -2.16. The topological polar surface area (TPSA) is 121 Å². The molecule has 0 saturated carbocycles. The number of hydrazine groups is 1. The van der Waals surface area contributed by atoms with Crippen LogP contribution in [0.25, 0.3) is 0 Å². The molecule has 0 aliphatic carbocycles. The molecule has 0 atom stereocenters. The predicted octanol–water partition coefficient (Wildman–Crippen LogP) is -0.695. The molecule has 1 aromatic rings. The molecular formula is C11H20N8O. The largest absolute Gasteiger partial charge is 0.359 e. The van der Waals surface area contributed by atoms with E-state index in [2.05, 4.69) is 35.9 Å². The molecule has 0 unspecified atom stereocenters. The highest BCUT2D eigenvalue weighted by Gasteiger charge is 2.17. The van der Waals surface area contributed by atoms with Gasteiger partial charge in [0.15, 0.2) is 0 Å². The van der Waals surface area contributed by atoms with Crippen LogP contribution >= 0.6 is 0 Å². The van der Waals surface area contributed by atoms with E-state index < -0.39 is 0 Å². The average Bonchev–Trinajstić information content (AvgIpc) is 3.01. The van der Waals surface area contributed by atoms with Crippen LogP contribution in [0.5, 0.6) is 0 Å².